The average molecular weight is 339 g/mol. The van der Waals surface area contributed by atoms with Gasteiger partial charge < -0.3 is 10.6 Å². The van der Waals surface area contributed by atoms with Crippen LogP contribution in [0.3, 0.4) is 0 Å². The summed E-state index contributed by atoms with van der Waals surface area (Å²) in [6.07, 6.45) is 2.73. The lowest BCUT2D eigenvalue weighted by atomic mass is 10.1. The summed E-state index contributed by atoms with van der Waals surface area (Å²) in [6.45, 7) is 0. The highest BCUT2D eigenvalue weighted by Crippen LogP contribution is 2.30. The summed E-state index contributed by atoms with van der Waals surface area (Å²) in [6, 6.07) is 7.91. The Hall–Kier alpha value is -2.12. The van der Waals surface area contributed by atoms with E-state index >= 15 is 0 Å². The van der Waals surface area contributed by atoms with Crippen molar-refractivity contribution >= 4 is 33.7 Å². The number of hydrogen-bond acceptors (Lipinski definition) is 4. The molecule has 0 aliphatic carbocycles. The smallest absolute Gasteiger partial charge is 0.284 e. The van der Waals surface area contributed by atoms with E-state index in [2.05, 4.69) is 9.38 Å². The molecule has 0 spiro atoms. The first-order valence-electron chi connectivity index (χ1n) is 6.28. The van der Waals surface area contributed by atoms with Gasteiger partial charge in [0, 0.05) is 37.1 Å². The number of halogens is 1. The Balaban J connectivity index is 2.60. The van der Waals surface area contributed by atoms with Crippen LogP contribution in [0.25, 0.3) is 11.1 Å². The van der Waals surface area contributed by atoms with Crippen LogP contribution in [0.15, 0.2) is 45.8 Å². The van der Waals surface area contributed by atoms with Crippen molar-refractivity contribution < 1.29 is 8.42 Å². The number of aromatic nitrogens is 1. The number of nitrogens with zero attached hydrogens (tertiary/aromatic N) is 3. The lowest BCUT2D eigenvalue weighted by molar-refractivity contribution is 0.595. The Bertz CT molecular complexity index is 802. The zero-order valence-electron chi connectivity index (χ0n) is 12.1. The molecule has 6 nitrogen and oxygen atoms in total. The van der Waals surface area contributed by atoms with Crippen LogP contribution >= 0.6 is 11.6 Å². The van der Waals surface area contributed by atoms with Gasteiger partial charge in [-0.05, 0) is 24.3 Å². The molecule has 0 aliphatic heterocycles. The largest absolute Gasteiger partial charge is 0.399 e. The molecule has 1 aromatic carbocycles. The highest BCUT2D eigenvalue weighted by atomic mass is 35.5. The van der Waals surface area contributed by atoms with E-state index in [1.807, 2.05) is 0 Å². The summed E-state index contributed by atoms with van der Waals surface area (Å²) in [7, 11) is -0.514. The molecule has 116 valence electrons. The lowest BCUT2D eigenvalue weighted by Gasteiger charge is -2.10. The Morgan fingerprint density at radius 1 is 1.27 bits per heavy atom. The Kier molecular flexibility index (Phi) is 4.68. The molecule has 1 aromatic heterocycles. The molecule has 0 radical (unpaired) electrons. The van der Waals surface area contributed by atoms with Crippen molar-refractivity contribution in [1.82, 2.24) is 9.88 Å². The number of rotatable bonds is 4. The van der Waals surface area contributed by atoms with E-state index in [-0.39, 0.29) is 4.90 Å². The van der Waals surface area contributed by atoms with Gasteiger partial charge in [-0.1, -0.05) is 17.7 Å². The zero-order chi connectivity index (χ0) is 16.3. The van der Waals surface area contributed by atoms with Crippen LogP contribution in [0.4, 0.5) is 5.69 Å². The van der Waals surface area contributed by atoms with Crippen LogP contribution in [-0.2, 0) is 10.0 Å². The second-order valence-corrected chi connectivity index (χ2v) is 6.77. The molecular weight excluding hydrogens is 324 g/mol. The fraction of sp³-hybridized carbons (Fsp3) is 0.143. The van der Waals surface area contributed by atoms with Gasteiger partial charge in [0.2, 0.25) is 0 Å². The quantitative estimate of drug-likeness (QED) is 0.400. The topological polar surface area (TPSA) is 88.7 Å². The van der Waals surface area contributed by atoms with Gasteiger partial charge in [0.25, 0.3) is 10.0 Å². The van der Waals surface area contributed by atoms with Gasteiger partial charge in [-0.15, -0.1) is 4.40 Å². The molecule has 0 unspecified atom stereocenters. The Morgan fingerprint density at radius 3 is 2.59 bits per heavy atom. The SMILES string of the molecule is CN(C)/C=N/S(=O)(=O)c1cc(N)ccc1-c1ccc(Cl)nc1. The minimum absolute atomic E-state index is 0.0229. The van der Waals surface area contributed by atoms with E-state index in [9.17, 15) is 8.42 Å². The van der Waals surface area contributed by atoms with E-state index in [0.29, 0.717) is 22.0 Å². The number of pyridine rings is 1. The van der Waals surface area contributed by atoms with Crippen molar-refractivity contribution in [2.24, 2.45) is 4.40 Å². The molecule has 22 heavy (non-hydrogen) atoms. The number of benzene rings is 1. The van der Waals surface area contributed by atoms with Gasteiger partial charge in [-0.3, -0.25) is 0 Å². The van der Waals surface area contributed by atoms with Crippen molar-refractivity contribution in [2.45, 2.75) is 4.90 Å². The maximum absolute atomic E-state index is 12.4. The fourth-order valence-electron chi connectivity index (χ4n) is 1.74. The van der Waals surface area contributed by atoms with Crippen LogP contribution in [0, 0.1) is 0 Å². The maximum atomic E-state index is 12.4. The van der Waals surface area contributed by atoms with E-state index in [0.717, 1.165) is 0 Å². The van der Waals surface area contributed by atoms with Crippen molar-refractivity contribution in [2.75, 3.05) is 19.8 Å². The summed E-state index contributed by atoms with van der Waals surface area (Å²) < 4.78 is 28.5. The molecule has 0 saturated carbocycles. The molecule has 8 heteroatoms. The van der Waals surface area contributed by atoms with Gasteiger partial charge >= 0.3 is 0 Å². The molecule has 2 N–H and O–H groups in total. The average Bonchev–Trinajstić information content (AvgIpc) is 2.46. The predicted molar refractivity (Wildman–Crippen MR) is 88.5 cm³/mol. The van der Waals surface area contributed by atoms with Gasteiger partial charge in [-0.25, -0.2) is 4.98 Å². The lowest BCUT2D eigenvalue weighted by Crippen LogP contribution is -2.10. The van der Waals surface area contributed by atoms with E-state index in [1.54, 1.807) is 38.4 Å². The molecule has 0 saturated heterocycles. The molecule has 2 aromatic rings. The van der Waals surface area contributed by atoms with Gasteiger partial charge in [0.1, 0.15) is 11.5 Å². The van der Waals surface area contributed by atoms with E-state index in [4.69, 9.17) is 17.3 Å². The molecule has 0 fully saturated rings. The van der Waals surface area contributed by atoms with Crippen LogP contribution < -0.4 is 5.73 Å². The fourth-order valence-corrected chi connectivity index (χ4v) is 3.03. The van der Waals surface area contributed by atoms with Gasteiger partial charge in [0.15, 0.2) is 0 Å². The van der Waals surface area contributed by atoms with Crippen LogP contribution in [-0.4, -0.2) is 38.7 Å². The van der Waals surface area contributed by atoms with Crippen molar-refractivity contribution in [1.29, 1.82) is 0 Å². The normalized spacial score (nSPS) is 11.8. The predicted octanol–water partition coefficient (Wildman–Crippen LogP) is 2.26. The molecule has 0 amide bonds. The minimum atomic E-state index is -3.88. The van der Waals surface area contributed by atoms with Crippen LogP contribution in [0.5, 0.6) is 0 Å². The number of sulfonamides is 1. The zero-order valence-corrected chi connectivity index (χ0v) is 13.6. The second kappa shape index (κ2) is 6.33. The van der Waals surface area contributed by atoms with Gasteiger partial charge in [-0.2, -0.15) is 8.42 Å². The summed E-state index contributed by atoms with van der Waals surface area (Å²) in [5, 5.41) is 0.328. The summed E-state index contributed by atoms with van der Waals surface area (Å²) in [4.78, 5) is 5.53. The monoisotopic (exact) mass is 338 g/mol. The van der Waals surface area contributed by atoms with Crippen LogP contribution in [0.1, 0.15) is 0 Å². The number of nitrogen functional groups attached to an aromatic ring is 1. The summed E-state index contributed by atoms with van der Waals surface area (Å²) >= 11 is 5.76. The molecular formula is C14H15ClN4O2S. The van der Waals surface area contributed by atoms with Gasteiger partial charge in [0.05, 0.1) is 4.90 Å². The number of hydrogen-bond donors (Lipinski definition) is 1. The third-order valence-corrected chi connectivity index (χ3v) is 4.23. The molecule has 2 rings (SSSR count). The maximum Gasteiger partial charge on any atom is 0.284 e. The Morgan fingerprint density at radius 2 is 2.00 bits per heavy atom. The molecule has 0 aliphatic rings. The van der Waals surface area contributed by atoms with Crippen LogP contribution in [0.2, 0.25) is 5.15 Å². The first-order chi connectivity index (χ1) is 10.3. The van der Waals surface area contributed by atoms with Crippen molar-refractivity contribution in [3.63, 3.8) is 0 Å². The number of anilines is 1. The molecule has 1 heterocycles. The summed E-state index contributed by atoms with van der Waals surface area (Å²) in [5.41, 5.74) is 7.14. The highest BCUT2D eigenvalue weighted by Gasteiger charge is 2.19. The minimum Gasteiger partial charge on any atom is -0.399 e. The first-order valence-corrected chi connectivity index (χ1v) is 8.10. The third kappa shape index (κ3) is 3.75. The first kappa shape index (κ1) is 16.3. The molecule has 0 atom stereocenters. The Labute approximate surface area is 134 Å². The second-order valence-electron chi connectivity index (χ2n) is 4.78. The summed E-state index contributed by atoms with van der Waals surface area (Å²) in [5.74, 6) is 0. The number of nitrogens with two attached hydrogens (primary N) is 1. The highest BCUT2D eigenvalue weighted by molar-refractivity contribution is 7.90. The van der Waals surface area contributed by atoms with Crippen molar-refractivity contribution in [3.8, 4) is 11.1 Å². The van der Waals surface area contributed by atoms with Crippen molar-refractivity contribution in [3.05, 3.63) is 41.7 Å². The standard InChI is InChI=1S/C14H15ClN4O2S/c1-19(2)9-18-22(20,21)13-7-11(16)4-5-12(13)10-3-6-14(15)17-8-10/h3-9H,16H2,1-2H3/b18-9+. The molecule has 0 bridgehead atoms. The van der Waals surface area contributed by atoms with E-state index in [1.165, 1.54) is 23.5 Å². The third-order valence-electron chi connectivity index (χ3n) is 2.74. The van der Waals surface area contributed by atoms with E-state index < -0.39 is 10.0 Å².